The average molecular weight is 659 g/mol. The normalized spacial score (nSPS) is 10.6. The van der Waals surface area contributed by atoms with E-state index >= 15 is 0 Å². The number of ether oxygens (including phenoxy) is 5. The van der Waals surface area contributed by atoms with Gasteiger partial charge >= 0.3 is 5.97 Å². The lowest BCUT2D eigenvalue weighted by Crippen LogP contribution is -2.33. The van der Waals surface area contributed by atoms with Crippen LogP contribution in [0, 0.1) is 0 Å². The number of halogens is 2. The highest BCUT2D eigenvalue weighted by Gasteiger charge is 2.27. The van der Waals surface area contributed by atoms with E-state index in [0.717, 1.165) is 11.1 Å². The smallest absolute Gasteiger partial charge is 0.347 e. The highest BCUT2D eigenvalue weighted by molar-refractivity contribution is 9.10. The third-order valence-corrected chi connectivity index (χ3v) is 7.48. The number of nitrogens with zero attached hydrogens (tertiary/aromatic N) is 3. The molecule has 12 heteroatoms. The monoisotopic (exact) mass is 657 g/mol. The molecule has 4 aromatic rings. The van der Waals surface area contributed by atoms with Crippen molar-refractivity contribution in [2.45, 2.75) is 13.1 Å². The van der Waals surface area contributed by atoms with Gasteiger partial charge in [0.2, 0.25) is 0 Å². The summed E-state index contributed by atoms with van der Waals surface area (Å²) in [4.78, 5) is 33.5. The van der Waals surface area contributed by atoms with Crippen molar-refractivity contribution in [3.05, 3.63) is 97.5 Å². The number of methoxy groups -OCH3 is 5. The van der Waals surface area contributed by atoms with Crippen molar-refractivity contribution in [3.63, 3.8) is 0 Å². The SMILES string of the molecule is COC(=O)c1c(N(Cc2ccc(OC)cc2OC)Cc2ccc(OC)cc2OC)ncn(-c2c(Cl)cccc2Br)c1=O. The molecule has 0 spiro atoms. The van der Waals surface area contributed by atoms with E-state index in [1.54, 1.807) is 75.8 Å². The van der Waals surface area contributed by atoms with Crippen LogP contribution in [-0.2, 0) is 17.8 Å². The first kappa shape index (κ1) is 30.7. The zero-order valence-electron chi connectivity index (χ0n) is 23.6. The minimum atomic E-state index is -0.853. The van der Waals surface area contributed by atoms with Gasteiger partial charge in [0.05, 0.1) is 46.3 Å². The van der Waals surface area contributed by atoms with Crippen LogP contribution in [0.1, 0.15) is 21.5 Å². The van der Waals surface area contributed by atoms with Crippen molar-refractivity contribution in [3.8, 4) is 28.7 Å². The zero-order valence-corrected chi connectivity index (χ0v) is 26.0. The van der Waals surface area contributed by atoms with Gasteiger partial charge in [-0.25, -0.2) is 9.78 Å². The summed E-state index contributed by atoms with van der Waals surface area (Å²) in [5.74, 6) is 1.57. The summed E-state index contributed by atoms with van der Waals surface area (Å²) in [5.41, 5.74) is 0.914. The number of benzene rings is 3. The number of rotatable bonds is 11. The topological polar surface area (TPSA) is 101 Å². The van der Waals surface area contributed by atoms with E-state index in [1.807, 2.05) is 12.1 Å². The second-order valence-corrected chi connectivity index (χ2v) is 10.2. The van der Waals surface area contributed by atoms with Gasteiger partial charge in [0.1, 0.15) is 29.3 Å². The Bertz CT molecular complexity index is 1580. The zero-order chi connectivity index (χ0) is 30.4. The van der Waals surface area contributed by atoms with Crippen LogP contribution >= 0.6 is 27.5 Å². The molecule has 0 N–H and O–H groups in total. The van der Waals surface area contributed by atoms with Gasteiger partial charge < -0.3 is 28.6 Å². The van der Waals surface area contributed by atoms with Gasteiger partial charge in [-0.1, -0.05) is 17.7 Å². The molecular formula is C30H29BrClN3O7. The molecule has 0 saturated heterocycles. The van der Waals surface area contributed by atoms with Crippen molar-refractivity contribution >= 4 is 39.3 Å². The Kier molecular flexibility index (Phi) is 9.97. The summed E-state index contributed by atoms with van der Waals surface area (Å²) in [6.07, 6.45) is 1.33. The Balaban J connectivity index is 1.94. The minimum Gasteiger partial charge on any atom is -0.497 e. The summed E-state index contributed by atoms with van der Waals surface area (Å²) in [6, 6.07) is 15.9. The predicted octanol–water partition coefficient (Wildman–Crippen LogP) is 5.68. The van der Waals surface area contributed by atoms with Crippen LogP contribution in [0.15, 0.2) is 70.2 Å². The van der Waals surface area contributed by atoms with Crippen LogP contribution in [-0.4, -0.2) is 51.1 Å². The molecule has 0 bridgehead atoms. The Hall–Kier alpha value is -4.22. The standard InChI is InChI=1S/C30H29BrClN3O7/c1-38-20-11-9-18(24(13-20)40-3)15-34(16-19-10-12-21(39-2)14-25(19)41-4)28-26(30(37)42-5)29(36)35(17-33-28)27-22(31)7-6-8-23(27)32/h6-14,17H,15-16H2,1-5H3. The molecule has 42 heavy (non-hydrogen) atoms. The Morgan fingerprint density at radius 3 is 1.93 bits per heavy atom. The van der Waals surface area contributed by atoms with Gasteiger partial charge in [0.25, 0.3) is 5.56 Å². The van der Waals surface area contributed by atoms with Crippen LogP contribution < -0.4 is 29.4 Å². The lowest BCUT2D eigenvalue weighted by molar-refractivity contribution is 0.0598. The molecule has 220 valence electrons. The van der Waals surface area contributed by atoms with Crippen LogP contribution in [0.2, 0.25) is 5.02 Å². The van der Waals surface area contributed by atoms with Gasteiger partial charge in [-0.05, 0) is 52.3 Å². The number of carbonyl (C=O) groups is 1. The number of anilines is 1. The summed E-state index contributed by atoms with van der Waals surface area (Å²) < 4.78 is 28.8. The molecule has 0 amide bonds. The molecule has 3 aromatic carbocycles. The van der Waals surface area contributed by atoms with Crippen LogP contribution in [0.5, 0.6) is 23.0 Å². The number of esters is 1. The van der Waals surface area contributed by atoms with Crippen molar-refractivity contribution < 1.29 is 28.5 Å². The van der Waals surface area contributed by atoms with E-state index in [9.17, 15) is 9.59 Å². The summed E-state index contributed by atoms with van der Waals surface area (Å²) >= 11 is 9.88. The maximum Gasteiger partial charge on any atom is 0.347 e. The molecule has 10 nitrogen and oxygen atoms in total. The first-order chi connectivity index (χ1) is 20.3. The van der Waals surface area contributed by atoms with Gasteiger partial charge in [-0.15, -0.1) is 0 Å². The van der Waals surface area contributed by atoms with Crippen molar-refractivity contribution in [2.24, 2.45) is 0 Å². The fourth-order valence-electron chi connectivity index (χ4n) is 4.43. The fourth-order valence-corrected chi connectivity index (χ4v) is 5.36. The second kappa shape index (κ2) is 13.6. The van der Waals surface area contributed by atoms with Gasteiger partial charge in [0.15, 0.2) is 11.4 Å². The maximum atomic E-state index is 14.0. The molecule has 1 heterocycles. The molecule has 0 atom stereocenters. The van der Waals surface area contributed by atoms with Gasteiger partial charge in [-0.2, -0.15) is 0 Å². The highest BCUT2D eigenvalue weighted by Crippen LogP contribution is 2.33. The molecule has 0 aliphatic rings. The maximum absolute atomic E-state index is 14.0. The van der Waals surface area contributed by atoms with E-state index < -0.39 is 11.5 Å². The molecule has 0 aliphatic heterocycles. The molecule has 0 saturated carbocycles. The van der Waals surface area contributed by atoms with Crippen LogP contribution in [0.4, 0.5) is 5.82 Å². The molecule has 0 radical (unpaired) electrons. The lowest BCUT2D eigenvalue weighted by atomic mass is 10.1. The summed E-state index contributed by atoms with van der Waals surface area (Å²) in [7, 11) is 7.44. The first-order valence-corrected chi connectivity index (χ1v) is 13.7. The third-order valence-electron chi connectivity index (χ3n) is 6.53. The van der Waals surface area contributed by atoms with E-state index in [2.05, 4.69) is 20.9 Å². The summed E-state index contributed by atoms with van der Waals surface area (Å²) in [5, 5.41) is 0.291. The fraction of sp³-hybridized carbons (Fsp3) is 0.233. The quantitative estimate of drug-likeness (QED) is 0.189. The minimum absolute atomic E-state index is 0.0991. The van der Waals surface area contributed by atoms with Crippen molar-refractivity contribution in [1.29, 1.82) is 0 Å². The van der Waals surface area contributed by atoms with E-state index in [4.69, 9.17) is 35.3 Å². The molecule has 1 aromatic heterocycles. The molecule has 0 aliphatic carbocycles. The Labute approximate surface area is 256 Å². The van der Waals surface area contributed by atoms with Gasteiger partial charge in [0, 0.05) is 40.8 Å². The molecule has 0 unspecified atom stereocenters. The van der Waals surface area contributed by atoms with E-state index in [-0.39, 0.29) is 24.5 Å². The largest absolute Gasteiger partial charge is 0.497 e. The van der Waals surface area contributed by atoms with Crippen LogP contribution in [0.25, 0.3) is 5.69 Å². The Morgan fingerprint density at radius 1 is 0.881 bits per heavy atom. The number of hydrogen-bond donors (Lipinski definition) is 0. The average Bonchev–Trinajstić information content (AvgIpc) is 3.01. The molecule has 4 rings (SSSR count). The van der Waals surface area contributed by atoms with Crippen molar-refractivity contribution in [2.75, 3.05) is 40.4 Å². The van der Waals surface area contributed by atoms with Gasteiger partial charge in [-0.3, -0.25) is 9.36 Å². The number of para-hydroxylation sites is 1. The van der Waals surface area contributed by atoms with Crippen molar-refractivity contribution in [1.82, 2.24) is 9.55 Å². The van der Waals surface area contributed by atoms with E-state index in [1.165, 1.54) is 18.0 Å². The summed E-state index contributed by atoms with van der Waals surface area (Å²) in [6.45, 7) is 0.386. The second-order valence-electron chi connectivity index (χ2n) is 8.89. The number of hydrogen-bond acceptors (Lipinski definition) is 9. The lowest BCUT2D eigenvalue weighted by Gasteiger charge is -2.27. The number of carbonyl (C=O) groups excluding carboxylic acids is 1. The predicted molar refractivity (Wildman–Crippen MR) is 163 cm³/mol. The number of aromatic nitrogens is 2. The highest BCUT2D eigenvalue weighted by atomic mass is 79.9. The molecule has 0 fully saturated rings. The van der Waals surface area contributed by atoms with Crippen LogP contribution in [0.3, 0.4) is 0 Å². The first-order valence-electron chi connectivity index (χ1n) is 12.6. The van der Waals surface area contributed by atoms with E-state index in [0.29, 0.717) is 38.2 Å². The Morgan fingerprint density at radius 2 is 1.45 bits per heavy atom. The molecular weight excluding hydrogens is 630 g/mol. The third kappa shape index (κ3) is 6.32.